The second kappa shape index (κ2) is 5.09. The van der Waals surface area contributed by atoms with Gasteiger partial charge < -0.3 is 9.15 Å². The van der Waals surface area contributed by atoms with Gasteiger partial charge >= 0.3 is 5.76 Å². The second-order valence-corrected chi connectivity index (χ2v) is 4.30. The Kier molecular flexibility index (Phi) is 3.13. The number of nitrogens with zero attached hydrogens (tertiary/aromatic N) is 1. The number of hydrogen-bond donors (Lipinski definition) is 0. The smallest absolute Gasteiger partial charge is 0.424 e. The molecule has 0 spiro atoms. The summed E-state index contributed by atoms with van der Waals surface area (Å²) in [5.74, 6) is 0.883. The molecule has 0 saturated carbocycles. The molecule has 0 amide bonds. The van der Waals surface area contributed by atoms with E-state index < -0.39 is 5.76 Å². The van der Waals surface area contributed by atoms with Crippen LogP contribution in [-0.2, 0) is 0 Å². The quantitative estimate of drug-likeness (QED) is 0.732. The van der Waals surface area contributed by atoms with E-state index >= 15 is 0 Å². The first kappa shape index (κ1) is 12.3. The first-order valence-corrected chi connectivity index (χ1v) is 6.20. The molecule has 0 radical (unpaired) electrons. The highest BCUT2D eigenvalue weighted by Crippen LogP contribution is 2.20. The fourth-order valence-electron chi connectivity index (χ4n) is 2.00. The lowest BCUT2D eigenvalue weighted by molar-refractivity contribution is 0.414. The zero-order chi connectivity index (χ0) is 13.9. The molecule has 1 heterocycles. The largest absolute Gasteiger partial charge is 0.497 e. The molecule has 0 atom stereocenters. The van der Waals surface area contributed by atoms with Crippen LogP contribution in [0.15, 0.2) is 70.0 Å². The van der Waals surface area contributed by atoms with Crippen LogP contribution in [0.3, 0.4) is 0 Å². The lowest BCUT2D eigenvalue weighted by atomic mass is 10.2. The molecule has 20 heavy (non-hydrogen) atoms. The van der Waals surface area contributed by atoms with Crippen molar-refractivity contribution >= 4 is 0 Å². The SMILES string of the molecule is COc1ccc(-n2cc(-c3ccccc3)oc2=O)cc1. The van der Waals surface area contributed by atoms with E-state index in [0.29, 0.717) is 5.76 Å². The maximum atomic E-state index is 11.9. The lowest BCUT2D eigenvalue weighted by Gasteiger charge is -2.02. The van der Waals surface area contributed by atoms with Crippen LogP contribution in [0.1, 0.15) is 0 Å². The molecule has 2 aromatic carbocycles. The first-order valence-electron chi connectivity index (χ1n) is 6.20. The van der Waals surface area contributed by atoms with Crippen molar-refractivity contribution in [3.05, 3.63) is 71.3 Å². The Morgan fingerprint density at radius 2 is 1.70 bits per heavy atom. The van der Waals surface area contributed by atoms with Gasteiger partial charge in [0.1, 0.15) is 5.75 Å². The minimum atomic E-state index is -0.408. The molecular weight excluding hydrogens is 254 g/mol. The van der Waals surface area contributed by atoms with Crippen molar-refractivity contribution in [1.29, 1.82) is 0 Å². The maximum Gasteiger partial charge on any atom is 0.424 e. The van der Waals surface area contributed by atoms with Gasteiger partial charge in [-0.1, -0.05) is 30.3 Å². The predicted molar refractivity (Wildman–Crippen MR) is 76.3 cm³/mol. The van der Waals surface area contributed by atoms with E-state index in [9.17, 15) is 4.79 Å². The minimum Gasteiger partial charge on any atom is -0.497 e. The molecule has 100 valence electrons. The van der Waals surface area contributed by atoms with E-state index in [2.05, 4.69) is 0 Å². The maximum absolute atomic E-state index is 11.9. The Hall–Kier alpha value is -2.75. The summed E-state index contributed by atoms with van der Waals surface area (Å²) in [6, 6.07) is 16.7. The third-order valence-corrected chi connectivity index (χ3v) is 3.05. The molecule has 4 heteroatoms. The van der Waals surface area contributed by atoms with Gasteiger partial charge in [0.25, 0.3) is 0 Å². The standard InChI is InChI=1S/C16H13NO3/c1-19-14-9-7-13(8-10-14)17-11-15(20-16(17)18)12-5-3-2-4-6-12/h2-11H,1H3. The highest BCUT2D eigenvalue weighted by atomic mass is 16.5. The highest BCUT2D eigenvalue weighted by Gasteiger charge is 2.09. The second-order valence-electron chi connectivity index (χ2n) is 4.30. The van der Waals surface area contributed by atoms with Crippen molar-refractivity contribution in [2.24, 2.45) is 0 Å². The van der Waals surface area contributed by atoms with E-state index in [1.165, 1.54) is 4.57 Å². The summed E-state index contributed by atoms with van der Waals surface area (Å²) < 4.78 is 11.9. The molecule has 3 aromatic rings. The Bertz CT molecular complexity index is 754. The number of rotatable bonds is 3. The molecule has 0 aliphatic heterocycles. The van der Waals surface area contributed by atoms with E-state index in [1.54, 1.807) is 25.4 Å². The summed E-state index contributed by atoms with van der Waals surface area (Å²) in [4.78, 5) is 11.9. The third kappa shape index (κ3) is 2.23. The number of ether oxygens (including phenoxy) is 1. The molecule has 0 N–H and O–H groups in total. The summed E-state index contributed by atoms with van der Waals surface area (Å²) in [5.41, 5.74) is 1.61. The van der Waals surface area contributed by atoms with Crippen molar-refractivity contribution in [2.45, 2.75) is 0 Å². The van der Waals surface area contributed by atoms with Gasteiger partial charge in [0.05, 0.1) is 19.0 Å². The number of benzene rings is 2. The van der Waals surface area contributed by atoms with Crippen LogP contribution >= 0.6 is 0 Å². The Labute approximate surface area is 115 Å². The predicted octanol–water partition coefficient (Wildman–Crippen LogP) is 3.11. The molecular formula is C16H13NO3. The number of methoxy groups -OCH3 is 1. The molecule has 0 bridgehead atoms. The van der Waals surface area contributed by atoms with Gasteiger partial charge in [-0.15, -0.1) is 0 Å². The molecule has 0 aliphatic carbocycles. The molecule has 0 saturated heterocycles. The third-order valence-electron chi connectivity index (χ3n) is 3.05. The average molecular weight is 267 g/mol. The Morgan fingerprint density at radius 1 is 1.00 bits per heavy atom. The van der Waals surface area contributed by atoms with Crippen molar-refractivity contribution in [1.82, 2.24) is 4.57 Å². The van der Waals surface area contributed by atoms with Gasteiger partial charge in [-0.25, -0.2) is 9.36 Å². The van der Waals surface area contributed by atoms with Gasteiger partial charge in [-0.05, 0) is 24.3 Å². The van der Waals surface area contributed by atoms with Crippen LogP contribution < -0.4 is 10.5 Å². The molecule has 1 aromatic heterocycles. The topological polar surface area (TPSA) is 44.4 Å². The zero-order valence-electron chi connectivity index (χ0n) is 10.9. The van der Waals surface area contributed by atoms with E-state index in [-0.39, 0.29) is 0 Å². The zero-order valence-corrected chi connectivity index (χ0v) is 10.9. The van der Waals surface area contributed by atoms with E-state index in [4.69, 9.17) is 9.15 Å². The molecule has 3 rings (SSSR count). The van der Waals surface area contributed by atoms with Gasteiger partial charge in [0.2, 0.25) is 0 Å². The van der Waals surface area contributed by atoms with E-state index in [0.717, 1.165) is 17.0 Å². The van der Waals surface area contributed by atoms with Gasteiger partial charge in [0.15, 0.2) is 5.76 Å². The van der Waals surface area contributed by atoms with Gasteiger partial charge in [-0.3, -0.25) is 0 Å². The molecule has 4 nitrogen and oxygen atoms in total. The monoisotopic (exact) mass is 267 g/mol. The summed E-state index contributed by atoms with van der Waals surface area (Å²) in [7, 11) is 1.60. The Balaban J connectivity index is 2.02. The molecule has 0 fully saturated rings. The van der Waals surface area contributed by atoms with E-state index in [1.807, 2.05) is 42.5 Å². The number of aromatic nitrogens is 1. The molecule has 0 unspecified atom stereocenters. The fraction of sp³-hybridized carbons (Fsp3) is 0.0625. The summed E-state index contributed by atoms with van der Waals surface area (Å²) >= 11 is 0. The number of oxazole rings is 1. The summed E-state index contributed by atoms with van der Waals surface area (Å²) in [6.45, 7) is 0. The Morgan fingerprint density at radius 3 is 2.35 bits per heavy atom. The van der Waals surface area contributed by atoms with Crippen molar-refractivity contribution < 1.29 is 9.15 Å². The summed E-state index contributed by atoms with van der Waals surface area (Å²) in [6.07, 6.45) is 1.69. The first-order chi connectivity index (χ1) is 9.78. The van der Waals surface area contributed by atoms with Crippen molar-refractivity contribution in [3.63, 3.8) is 0 Å². The summed E-state index contributed by atoms with van der Waals surface area (Å²) in [5, 5.41) is 0. The number of hydrogen-bond acceptors (Lipinski definition) is 3. The average Bonchev–Trinajstić information content (AvgIpc) is 2.90. The van der Waals surface area contributed by atoms with Crippen LogP contribution in [0.2, 0.25) is 0 Å². The van der Waals surface area contributed by atoms with Crippen LogP contribution in [-0.4, -0.2) is 11.7 Å². The minimum absolute atomic E-state index is 0.408. The highest BCUT2D eigenvalue weighted by molar-refractivity contribution is 5.56. The lowest BCUT2D eigenvalue weighted by Crippen LogP contribution is -2.10. The van der Waals surface area contributed by atoms with Crippen molar-refractivity contribution in [2.75, 3.05) is 7.11 Å². The van der Waals surface area contributed by atoms with Crippen molar-refractivity contribution in [3.8, 4) is 22.8 Å². The van der Waals surface area contributed by atoms with Gasteiger partial charge in [-0.2, -0.15) is 0 Å². The van der Waals surface area contributed by atoms with Crippen LogP contribution in [0.5, 0.6) is 5.75 Å². The van der Waals surface area contributed by atoms with Crippen LogP contribution in [0.25, 0.3) is 17.0 Å². The van der Waals surface area contributed by atoms with Crippen LogP contribution in [0, 0.1) is 0 Å². The normalized spacial score (nSPS) is 10.4. The van der Waals surface area contributed by atoms with Gasteiger partial charge in [0, 0.05) is 5.56 Å². The molecule has 0 aliphatic rings. The fourth-order valence-corrected chi connectivity index (χ4v) is 2.00. The van der Waals surface area contributed by atoms with Crippen LogP contribution in [0.4, 0.5) is 0 Å².